The third kappa shape index (κ3) is 7.60. The van der Waals surface area contributed by atoms with Gasteiger partial charge in [0, 0.05) is 13.7 Å². The smallest absolute Gasteiger partial charge is 0.146 e. The van der Waals surface area contributed by atoms with Gasteiger partial charge in [0.25, 0.3) is 0 Å². The molecule has 0 bridgehead atoms. The van der Waals surface area contributed by atoms with Crippen molar-refractivity contribution in [1.29, 1.82) is 0 Å². The van der Waals surface area contributed by atoms with Crippen molar-refractivity contribution in [2.24, 2.45) is 0 Å². The van der Waals surface area contributed by atoms with E-state index < -0.39 is 0 Å². The SMILES string of the molecule is COCO[C@H](C)C[C@@H](CCCO)OCc1ccccc1. The Balaban J connectivity index is 2.38. The highest BCUT2D eigenvalue weighted by Gasteiger charge is 2.14. The van der Waals surface area contributed by atoms with Crippen molar-refractivity contribution in [1.82, 2.24) is 0 Å². The quantitative estimate of drug-likeness (QED) is 0.634. The number of rotatable bonds is 11. The fourth-order valence-electron chi connectivity index (χ4n) is 2.00. The normalized spacial score (nSPS) is 14.2. The van der Waals surface area contributed by atoms with E-state index in [0.29, 0.717) is 13.4 Å². The lowest BCUT2D eigenvalue weighted by molar-refractivity contribution is -0.0871. The second kappa shape index (κ2) is 10.8. The monoisotopic (exact) mass is 282 g/mol. The molecule has 0 aliphatic carbocycles. The molecule has 0 aliphatic rings. The first-order valence-corrected chi connectivity index (χ1v) is 7.13. The molecule has 0 aliphatic heterocycles. The molecule has 20 heavy (non-hydrogen) atoms. The van der Waals surface area contributed by atoms with Crippen molar-refractivity contribution < 1.29 is 19.3 Å². The Kier molecular flexibility index (Phi) is 9.24. The molecule has 1 aromatic rings. The fourth-order valence-corrected chi connectivity index (χ4v) is 2.00. The zero-order valence-electron chi connectivity index (χ0n) is 12.5. The summed E-state index contributed by atoms with van der Waals surface area (Å²) >= 11 is 0. The lowest BCUT2D eigenvalue weighted by Crippen LogP contribution is -2.22. The Morgan fingerprint density at radius 2 is 1.90 bits per heavy atom. The van der Waals surface area contributed by atoms with Gasteiger partial charge >= 0.3 is 0 Å². The second-order valence-electron chi connectivity index (χ2n) is 4.90. The Labute approximate surface area is 121 Å². The Bertz CT molecular complexity index is 329. The van der Waals surface area contributed by atoms with Crippen LogP contribution < -0.4 is 0 Å². The summed E-state index contributed by atoms with van der Waals surface area (Å²) in [6, 6.07) is 10.1. The number of aliphatic hydroxyl groups is 1. The molecule has 0 fully saturated rings. The van der Waals surface area contributed by atoms with E-state index in [1.54, 1.807) is 7.11 Å². The predicted octanol–water partition coefficient (Wildman–Crippen LogP) is 2.74. The first kappa shape index (κ1) is 17.1. The average molecular weight is 282 g/mol. The maximum atomic E-state index is 8.97. The van der Waals surface area contributed by atoms with Crippen LogP contribution in [0, 0.1) is 0 Å². The van der Waals surface area contributed by atoms with Crippen LogP contribution >= 0.6 is 0 Å². The van der Waals surface area contributed by atoms with Gasteiger partial charge in [0.05, 0.1) is 18.8 Å². The summed E-state index contributed by atoms with van der Waals surface area (Å²) in [5.74, 6) is 0. The van der Waals surface area contributed by atoms with Crippen LogP contribution in [0.4, 0.5) is 0 Å². The zero-order valence-corrected chi connectivity index (χ0v) is 12.5. The molecule has 0 unspecified atom stereocenters. The molecule has 4 nitrogen and oxygen atoms in total. The van der Waals surface area contributed by atoms with Crippen LogP contribution in [0.2, 0.25) is 0 Å². The highest BCUT2D eigenvalue weighted by molar-refractivity contribution is 5.13. The number of hydrogen-bond acceptors (Lipinski definition) is 4. The van der Waals surface area contributed by atoms with Gasteiger partial charge in [0.1, 0.15) is 6.79 Å². The van der Waals surface area contributed by atoms with Gasteiger partial charge in [-0.05, 0) is 31.7 Å². The molecule has 0 amide bonds. The highest BCUT2D eigenvalue weighted by Crippen LogP contribution is 2.14. The van der Waals surface area contributed by atoms with E-state index in [2.05, 4.69) is 0 Å². The summed E-state index contributed by atoms with van der Waals surface area (Å²) in [4.78, 5) is 0. The van der Waals surface area contributed by atoms with Crippen LogP contribution in [-0.2, 0) is 20.8 Å². The van der Waals surface area contributed by atoms with E-state index in [9.17, 15) is 0 Å². The number of hydrogen-bond donors (Lipinski definition) is 1. The van der Waals surface area contributed by atoms with Gasteiger partial charge in [-0.25, -0.2) is 0 Å². The maximum absolute atomic E-state index is 8.97. The minimum Gasteiger partial charge on any atom is -0.396 e. The maximum Gasteiger partial charge on any atom is 0.146 e. The minimum atomic E-state index is 0.0782. The van der Waals surface area contributed by atoms with Crippen molar-refractivity contribution in [2.75, 3.05) is 20.5 Å². The topological polar surface area (TPSA) is 47.9 Å². The zero-order chi connectivity index (χ0) is 14.6. The molecule has 0 radical (unpaired) electrons. The van der Waals surface area contributed by atoms with Crippen LogP contribution in [0.15, 0.2) is 30.3 Å². The summed E-state index contributed by atoms with van der Waals surface area (Å²) < 4.78 is 16.3. The van der Waals surface area contributed by atoms with Gasteiger partial charge in [0.15, 0.2) is 0 Å². The summed E-state index contributed by atoms with van der Waals surface area (Å²) in [5.41, 5.74) is 1.16. The van der Waals surface area contributed by atoms with Crippen LogP contribution in [0.25, 0.3) is 0 Å². The summed E-state index contributed by atoms with van der Waals surface area (Å²) in [6.45, 7) is 3.09. The Hall–Kier alpha value is -0.940. The molecular weight excluding hydrogens is 256 g/mol. The summed E-state index contributed by atoms with van der Waals surface area (Å²) in [7, 11) is 1.61. The third-order valence-corrected chi connectivity index (χ3v) is 3.08. The van der Waals surface area contributed by atoms with Crippen LogP contribution in [0.1, 0.15) is 31.7 Å². The molecule has 1 aromatic carbocycles. The highest BCUT2D eigenvalue weighted by atomic mass is 16.7. The standard InChI is InChI=1S/C16H26O4/c1-14(20-13-18-2)11-16(9-6-10-17)19-12-15-7-4-3-5-8-15/h3-5,7-8,14,16-17H,6,9-13H2,1-2H3/t14-,16-/m1/s1. The second-order valence-corrected chi connectivity index (χ2v) is 4.90. The van der Waals surface area contributed by atoms with Gasteiger partial charge in [-0.2, -0.15) is 0 Å². The molecule has 0 aromatic heterocycles. The molecule has 0 heterocycles. The van der Waals surface area contributed by atoms with E-state index in [4.69, 9.17) is 19.3 Å². The van der Waals surface area contributed by atoms with Crippen molar-refractivity contribution in [3.63, 3.8) is 0 Å². The van der Waals surface area contributed by atoms with Crippen LogP contribution in [0.5, 0.6) is 0 Å². The fraction of sp³-hybridized carbons (Fsp3) is 0.625. The number of benzene rings is 1. The van der Waals surface area contributed by atoms with E-state index >= 15 is 0 Å². The van der Waals surface area contributed by atoms with Gasteiger partial charge < -0.3 is 19.3 Å². The number of aliphatic hydroxyl groups excluding tert-OH is 1. The van der Waals surface area contributed by atoms with Crippen molar-refractivity contribution >= 4 is 0 Å². The summed E-state index contributed by atoms with van der Waals surface area (Å²) in [5, 5.41) is 8.97. The average Bonchev–Trinajstić information content (AvgIpc) is 2.49. The largest absolute Gasteiger partial charge is 0.396 e. The number of ether oxygens (including phenoxy) is 3. The molecule has 0 saturated heterocycles. The lowest BCUT2D eigenvalue weighted by Gasteiger charge is -2.21. The van der Waals surface area contributed by atoms with Crippen molar-refractivity contribution in [2.45, 2.75) is 45.0 Å². The van der Waals surface area contributed by atoms with E-state index in [0.717, 1.165) is 24.8 Å². The molecular formula is C16H26O4. The minimum absolute atomic E-state index is 0.0782. The molecule has 1 N–H and O–H groups in total. The first-order chi connectivity index (χ1) is 9.76. The molecule has 0 spiro atoms. The van der Waals surface area contributed by atoms with Crippen molar-refractivity contribution in [3.8, 4) is 0 Å². The Morgan fingerprint density at radius 1 is 1.15 bits per heavy atom. The van der Waals surface area contributed by atoms with Gasteiger partial charge in [-0.1, -0.05) is 30.3 Å². The molecule has 1 rings (SSSR count). The van der Waals surface area contributed by atoms with Crippen molar-refractivity contribution in [3.05, 3.63) is 35.9 Å². The lowest BCUT2D eigenvalue weighted by atomic mass is 10.1. The van der Waals surface area contributed by atoms with Gasteiger partial charge in [0.2, 0.25) is 0 Å². The molecule has 0 saturated carbocycles. The van der Waals surface area contributed by atoms with Crippen LogP contribution in [0.3, 0.4) is 0 Å². The first-order valence-electron chi connectivity index (χ1n) is 7.13. The number of methoxy groups -OCH3 is 1. The van der Waals surface area contributed by atoms with E-state index in [1.807, 2.05) is 37.3 Å². The molecule has 114 valence electrons. The van der Waals surface area contributed by atoms with E-state index in [-0.39, 0.29) is 18.8 Å². The van der Waals surface area contributed by atoms with E-state index in [1.165, 1.54) is 0 Å². The third-order valence-electron chi connectivity index (χ3n) is 3.08. The van der Waals surface area contributed by atoms with Gasteiger partial charge in [-0.15, -0.1) is 0 Å². The molecule has 4 heteroatoms. The van der Waals surface area contributed by atoms with Crippen LogP contribution in [-0.4, -0.2) is 37.8 Å². The predicted molar refractivity (Wildman–Crippen MR) is 78.4 cm³/mol. The molecule has 2 atom stereocenters. The summed E-state index contributed by atoms with van der Waals surface area (Å²) in [6.07, 6.45) is 2.56. The Morgan fingerprint density at radius 3 is 2.55 bits per heavy atom. The van der Waals surface area contributed by atoms with Gasteiger partial charge in [-0.3, -0.25) is 0 Å².